The van der Waals surface area contributed by atoms with Gasteiger partial charge in [-0.2, -0.15) is 0 Å². The zero-order valence-corrected chi connectivity index (χ0v) is 14.6. The molecular weight excluding hydrogens is 346 g/mol. The lowest BCUT2D eigenvalue weighted by Gasteiger charge is -2.11. The Bertz CT molecular complexity index is 973. The van der Waals surface area contributed by atoms with Crippen LogP contribution in [0.1, 0.15) is 10.4 Å². The van der Waals surface area contributed by atoms with Crippen LogP contribution in [-0.2, 0) is 0 Å². The Morgan fingerprint density at radius 2 is 1.93 bits per heavy atom. The first-order chi connectivity index (χ1) is 13.2. The lowest BCUT2D eigenvalue weighted by atomic mass is 10.2. The molecule has 0 unspecified atom stereocenters. The van der Waals surface area contributed by atoms with Crippen LogP contribution < -0.4 is 24.8 Å². The number of hydrogen-bond donors (Lipinski definition) is 2. The first-order valence-electron chi connectivity index (χ1n) is 8.30. The Kier molecular flexibility index (Phi) is 4.49. The maximum atomic E-state index is 12.4. The number of fused-ring (bicyclic) bond motifs is 1. The number of para-hydroxylation sites is 2. The van der Waals surface area contributed by atoms with E-state index in [9.17, 15) is 4.79 Å². The van der Waals surface area contributed by atoms with Crippen LogP contribution >= 0.6 is 0 Å². The molecule has 1 aromatic heterocycles. The molecule has 0 fully saturated rings. The van der Waals surface area contributed by atoms with E-state index in [0.717, 1.165) is 17.1 Å². The molecule has 136 valence electrons. The summed E-state index contributed by atoms with van der Waals surface area (Å²) in [6.45, 7) is 0.169. The predicted octanol–water partition coefficient (Wildman–Crippen LogP) is 3.81. The molecule has 1 aliphatic rings. The normalized spacial score (nSPS) is 11.7. The molecule has 2 heterocycles. The van der Waals surface area contributed by atoms with Crippen LogP contribution in [0.3, 0.4) is 0 Å². The number of amides is 1. The number of carbonyl (C=O) groups is 1. The zero-order valence-electron chi connectivity index (χ0n) is 14.6. The summed E-state index contributed by atoms with van der Waals surface area (Å²) in [4.78, 5) is 16.7. The van der Waals surface area contributed by atoms with E-state index in [2.05, 4.69) is 15.6 Å². The average Bonchev–Trinajstić information content (AvgIpc) is 3.17. The molecule has 27 heavy (non-hydrogen) atoms. The van der Waals surface area contributed by atoms with Gasteiger partial charge in [-0.3, -0.25) is 4.79 Å². The topological polar surface area (TPSA) is 81.7 Å². The molecule has 0 saturated carbocycles. The Hall–Kier alpha value is -3.74. The van der Waals surface area contributed by atoms with Crippen molar-refractivity contribution in [2.24, 2.45) is 0 Å². The second-order valence-electron chi connectivity index (χ2n) is 5.78. The van der Waals surface area contributed by atoms with E-state index in [0.29, 0.717) is 22.9 Å². The van der Waals surface area contributed by atoms with E-state index in [4.69, 9.17) is 14.2 Å². The lowest BCUT2D eigenvalue weighted by molar-refractivity contribution is 0.102. The summed E-state index contributed by atoms with van der Waals surface area (Å²) in [6.07, 6.45) is 1.64. The smallest absolute Gasteiger partial charge is 0.256 e. The Morgan fingerprint density at radius 1 is 1.07 bits per heavy atom. The second kappa shape index (κ2) is 7.25. The van der Waals surface area contributed by atoms with Gasteiger partial charge in [0.05, 0.1) is 24.7 Å². The van der Waals surface area contributed by atoms with Gasteiger partial charge in [0.2, 0.25) is 6.79 Å². The van der Waals surface area contributed by atoms with Crippen molar-refractivity contribution in [1.82, 2.24) is 4.98 Å². The Balaban J connectivity index is 1.44. The van der Waals surface area contributed by atoms with Gasteiger partial charge in [0, 0.05) is 5.56 Å². The quantitative estimate of drug-likeness (QED) is 0.717. The van der Waals surface area contributed by atoms with Crippen LogP contribution in [0.15, 0.2) is 60.8 Å². The number of carbonyl (C=O) groups excluding carboxylic acids is 1. The number of rotatable bonds is 5. The third-order valence-corrected chi connectivity index (χ3v) is 4.03. The summed E-state index contributed by atoms with van der Waals surface area (Å²) in [5.41, 5.74) is 2.08. The third-order valence-electron chi connectivity index (χ3n) is 4.03. The van der Waals surface area contributed by atoms with Crippen LogP contribution in [0.5, 0.6) is 17.2 Å². The fraction of sp³-hybridized carbons (Fsp3) is 0.100. The highest BCUT2D eigenvalue weighted by atomic mass is 16.7. The number of pyridine rings is 1. The molecule has 4 rings (SSSR count). The predicted molar refractivity (Wildman–Crippen MR) is 101 cm³/mol. The minimum Gasteiger partial charge on any atom is -0.495 e. The average molecular weight is 363 g/mol. The Morgan fingerprint density at radius 3 is 2.74 bits per heavy atom. The third kappa shape index (κ3) is 3.62. The van der Waals surface area contributed by atoms with Crippen LogP contribution in [0.4, 0.5) is 17.2 Å². The van der Waals surface area contributed by atoms with Crippen LogP contribution in [0.2, 0.25) is 0 Å². The van der Waals surface area contributed by atoms with Gasteiger partial charge in [0.15, 0.2) is 11.5 Å². The van der Waals surface area contributed by atoms with Gasteiger partial charge < -0.3 is 24.8 Å². The monoisotopic (exact) mass is 363 g/mol. The summed E-state index contributed by atoms with van der Waals surface area (Å²) < 4.78 is 15.9. The largest absolute Gasteiger partial charge is 0.495 e. The molecule has 0 radical (unpaired) electrons. The van der Waals surface area contributed by atoms with Crippen molar-refractivity contribution in [2.75, 3.05) is 24.5 Å². The highest BCUT2D eigenvalue weighted by molar-refractivity contribution is 6.04. The number of anilines is 3. The van der Waals surface area contributed by atoms with Gasteiger partial charge in [0.25, 0.3) is 5.91 Å². The van der Waals surface area contributed by atoms with Gasteiger partial charge in [-0.1, -0.05) is 12.1 Å². The van der Waals surface area contributed by atoms with Gasteiger partial charge in [-0.05, 0) is 42.5 Å². The number of methoxy groups -OCH3 is 1. The molecule has 0 atom stereocenters. The fourth-order valence-corrected chi connectivity index (χ4v) is 2.67. The number of ether oxygens (including phenoxy) is 3. The SMILES string of the molecule is COc1ccccc1Nc1ccc(NC(=O)c2ccc3c(c2)OCO3)nc1. The summed E-state index contributed by atoms with van der Waals surface area (Å²) >= 11 is 0. The molecule has 0 aliphatic carbocycles. The number of nitrogens with zero attached hydrogens (tertiary/aromatic N) is 1. The molecule has 0 bridgehead atoms. The van der Waals surface area contributed by atoms with Crippen LogP contribution in [0.25, 0.3) is 0 Å². The summed E-state index contributed by atoms with van der Waals surface area (Å²) in [7, 11) is 1.62. The molecule has 1 amide bonds. The molecule has 7 heteroatoms. The minimum atomic E-state index is -0.272. The molecule has 2 N–H and O–H groups in total. The number of nitrogens with one attached hydrogen (secondary N) is 2. The van der Waals surface area contributed by atoms with Gasteiger partial charge in [-0.25, -0.2) is 4.98 Å². The highest BCUT2D eigenvalue weighted by Crippen LogP contribution is 2.32. The van der Waals surface area contributed by atoms with Gasteiger partial charge in [-0.15, -0.1) is 0 Å². The van der Waals surface area contributed by atoms with Crippen molar-refractivity contribution in [3.8, 4) is 17.2 Å². The van der Waals surface area contributed by atoms with Crippen molar-refractivity contribution in [3.05, 3.63) is 66.4 Å². The van der Waals surface area contributed by atoms with Crippen molar-refractivity contribution < 1.29 is 19.0 Å². The summed E-state index contributed by atoms with van der Waals surface area (Å²) in [5, 5.41) is 6.00. The van der Waals surface area contributed by atoms with E-state index in [-0.39, 0.29) is 12.7 Å². The van der Waals surface area contributed by atoms with Crippen molar-refractivity contribution in [3.63, 3.8) is 0 Å². The first kappa shape index (κ1) is 16.7. The summed E-state index contributed by atoms with van der Waals surface area (Å²) in [5.74, 6) is 2.11. The molecule has 3 aromatic rings. The molecule has 2 aromatic carbocycles. The van der Waals surface area contributed by atoms with E-state index < -0.39 is 0 Å². The van der Waals surface area contributed by atoms with E-state index in [1.807, 2.05) is 30.3 Å². The summed E-state index contributed by atoms with van der Waals surface area (Å²) in [6, 6.07) is 16.2. The molecule has 0 spiro atoms. The van der Waals surface area contributed by atoms with Crippen LogP contribution in [0, 0.1) is 0 Å². The Labute approximate surface area is 155 Å². The molecule has 1 aliphatic heterocycles. The zero-order chi connectivity index (χ0) is 18.6. The van der Waals surface area contributed by atoms with Gasteiger partial charge in [0.1, 0.15) is 11.6 Å². The maximum absolute atomic E-state index is 12.4. The van der Waals surface area contributed by atoms with Crippen molar-refractivity contribution >= 4 is 23.1 Å². The van der Waals surface area contributed by atoms with Crippen molar-refractivity contribution in [2.45, 2.75) is 0 Å². The van der Waals surface area contributed by atoms with Crippen LogP contribution in [-0.4, -0.2) is 24.8 Å². The standard InChI is InChI=1S/C20H17N3O4/c1-25-16-5-3-2-4-15(16)22-14-7-9-19(21-11-14)23-20(24)13-6-8-17-18(10-13)27-12-26-17/h2-11,22H,12H2,1H3,(H,21,23,24). The van der Waals surface area contributed by atoms with Crippen molar-refractivity contribution in [1.29, 1.82) is 0 Å². The van der Waals surface area contributed by atoms with E-state index in [1.165, 1.54) is 0 Å². The molecule has 7 nitrogen and oxygen atoms in total. The first-order valence-corrected chi connectivity index (χ1v) is 8.30. The number of hydrogen-bond acceptors (Lipinski definition) is 6. The maximum Gasteiger partial charge on any atom is 0.256 e. The van der Waals surface area contributed by atoms with Gasteiger partial charge >= 0.3 is 0 Å². The van der Waals surface area contributed by atoms with E-state index in [1.54, 1.807) is 37.6 Å². The number of benzene rings is 2. The molecule has 0 saturated heterocycles. The number of aromatic nitrogens is 1. The second-order valence-corrected chi connectivity index (χ2v) is 5.78. The molecular formula is C20H17N3O4. The highest BCUT2D eigenvalue weighted by Gasteiger charge is 2.16. The minimum absolute atomic E-state index is 0.169. The lowest BCUT2D eigenvalue weighted by Crippen LogP contribution is -2.12. The fourth-order valence-electron chi connectivity index (χ4n) is 2.67. The van der Waals surface area contributed by atoms with E-state index >= 15 is 0 Å².